The minimum atomic E-state index is -0.727. The van der Waals surface area contributed by atoms with Crippen LogP contribution in [0.1, 0.15) is 30.5 Å². The van der Waals surface area contributed by atoms with Crippen LogP contribution in [0, 0.1) is 6.92 Å². The first kappa shape index (κ1) is 25.3. The fourth-order valence-corrected chi connectivity index (χ4v) is 3.80. The van der Waals surface area contributed by atoms with Crippen LogP contribution < -0.4 is 10.1 Å². The number of benzene rings is 3. The molecule has 6 heteroatoms. The summed E-state index contributed by atoms with van der Waals surface area (Å²) in [7, 11) is 0. The third-order valence-electron chi connectivity index (χ3n) is 5.38. The molecule has 34 heavy (non-hydrogen) atoms. The molecule has 3 aromatic rings. The van der Waals surface area contributed by atoms with Gasteiger partial charge in [-0.15, -0.1) is 0 Å². The van der Waals surface area contributed by atoms with E-state index in [1.165, 1.54) is 0 Å². The molecular formula is C28H31ClN2O3. The Bertz CT molecular complexity index is 1080. The molecule has 0 aliphatic rings. The maximum Gasteiger partial charge on any atom is 0.261 e. The maximum atomic E-state index is 13.5. The molecule has 0 aliphatic carbocycles. The van der Waals surface area contributed by atoms with E-state index in [9.17, 15) is 9.59 Å². The van der Waals surface area contributed by atoms with Gasteiger partial charge in [0.05, 0.1) is 0 Å². The molecular weight excluding hydrogens is 448 g/mol. The number of nitrogens with one attached hydrogen (secondary N) is 1. The number of carbonyl (C=O) groups excluding carboxylic acids is 2. The monoisotopic (exact) mass is 478 g/mol. The Labute approximate surface area is 206 Å². The average Bonchev–Trinajstić information content (AvgIpc) is 2.82. The number of hydrogen-bond donors (Lipinski definition) is 1. The molecule has 0 spiro atoms. The molecule has 3 aromatic carbocycles. The van der Waals surface area contributed by atoms with Gasteiger partial charge < -0.3 is 15.0 Å². The van der Waals surface area contributed by atoms with Crippen LogP contribution in [0.2, 0.25) is 5.02 Å². The van der Waals surface area contributed by atoms with Crippen molar-refractivity contribution in [1.29, 1.82) is 0 Å². The largest absolute Gasteiger partial charge is 0.484 e. The van der Waals surface area contributed by atoms with Gasteiger partial charge in [-0.2, -0.15) is 0 Å². The number of rotatable bonds is 10. The molecule has 178 valence electrons. The number of aryl methyl sites for hydroxylation is 1. The average molecular weight is 479 g/mol. The topological polar surface area (TPSA) is 58.6 Å². The van der Waals surface area contributed by atoms with Crippen molar-refractivity contribution in [2.24, 2.45) is 0 Å². The molecule has 0 radical (unpaired) electrons. The van der Waals surface area contributed by atoms with Gasteiger partial charge in [0.1, 0.15) is 11.8 Å². The molecule has 0 saturated heterocycles. The second kappa shape index (κ2) is 12.2. The van der Waals surface area contributed by atoms with Gasteiger partial charge in [-0.25, -0.2) is 0 Å². The lowest BCUT2D eigenvalue weighted by Crippen LogP contribution is -2.52. The molecule has 1 N–H and O–H groups in total. The fraction of sp³-hybridized carbons (Fsp3) is 0.286. The number of carbonyl (C=O) groups is 2. The van der Waals surface area contributed by atoms with E-state index >= 15 is 0 Å². The molecule has 2 amide bonds. The number of amides is 2. The minimum absolute atomic E-state index is 0.0631. The van der Waals surface area contributed by atoms with E-state index in [1.54, 1.807) is 11.0 Å². The lowest BCUT2D eigenvalue weighted by Gasteiger charge is -2.32. The van der Waals surface area contributed by atoms with Gasteiger partial charge >= 0.3 is 0 Å². The van der Waals surface area contributed by atoms with Gasteiger partial charge in [-0.05, 0) is 50.1 Å². The van der Waals surface area contributed by atoms with Crippen LogP contribution in [0.15, 0.2) is 78.9 Å². The van der Waals surface area contributed by atoms with E-state index in [1.807, 2.05) is 93.6 Å². The third kappa shape index (κ3) is 7.35. The highest BCUT2D eigenvalue weighted by Crippen LogP contribution is 2.21. The summed E-state index contributed by atoms with van der Waals surface area (Å²) in [4.78, 5) is 28.4. The highest BCUT2D eigenvalue weighted by Gasteiger charge is 2.31. The Morgan fingerprint density at radius 3 is 2.24 bits per heavy atom. The molecule has 3 rings (SSSR count). The summed E-state index contributed by atoms with van der Waals surface area (Å²) < 4.78 is 5.78. The van der Waals surface area contributed by atoms with Crippen LogP contribution in [0.5, 0.6) is 5.75 Å². The second-order valence-electron chi connectivity index (χ2n) is 8.58. The van der Waals surface area contributed by atoms with Gasteiger partial charge in [0, 0.05) is 24.0 Å². The summed E-state index contributed by atoms with van der Waals surface area (Å²) in [6.07, 6.45) is 0.375. The van der Waals surface area contributed by atoms with Gasteiger partial charge in [-0.1, -0.05) is 77.8 Å². The molecule has 0 fully saturated rings. The van der Waals surface area contributed by atoms with E-state index < -0.39 is 6.04 Å². The minimum Gasteiger partial charge on any atom is -0.484 e. The highest BCUT2D eigenvalue weighted by atomic mass is 35.5. The molecule has 0 unspecified atom stereocenters. The van der Waals surface area contributed by atoms with E-state index in [-0.39, 0.29) is 31.0 Å². The van der Waals surface area contributed by atoms with Crippen molar-refractivity contribution in [2.45, 2.75) is 45.8 Å². The van der Waals surface area contributed by atoms with E-state index in [0.717, 1.165) is 16.7 Å². The first-order chi connectivity index (χ1) is 16.3. The van der Waals surface area contributed by atoms with Gasteiger partial charge in [0.25, 0.3) is 5.91 Å². The van der Waals surface area contributed by atoms with Crippen molar-refractivity contribution in [3.63, 3.8) is 0 Å². The molecule has 0 aliphatic heterocycles. The maximum absolute atomic E-state index is 13.5. The number of hydrogen-bond acceptors (Lipinski definition) is 3. The van der Waals surface area contributed by atoms with Crippen LogP contribution >= 0.6 is 11.6 Å². The van der Waals surface area contributed by atoms with Crippen molar-refractivity contribution in [2.75, 3.05) is 6.61 Å². The molecule has 5 nitrogen and oxygen atoms in total. The first-order valence-corrected chi connectivity index (χ1v) is 11.8. The molecule has 0 heterocycles. The third-order valence-corrected chi connectivity index (χ3v) is 5.75. The van der Waals surface area contributed by atoms with Gasteiger partial charge in [0.15, 0.2) is 6.61 Å². The number of halogens is 1. The Balaban J connectivity index is 1.91. The predicted molar refractivity (Wildman–Crippen MR) is 136 cm³/mol. The summed E-state index contributed by atoms with van der Waals surface area (Å²) in [6.45, 7) is 5.80. The lowest BCUT2D eigenvalue weighted by molar-refractivity contribution is -0.143. The predicted octanol–water partition coefficient (Wildman–Crippen LogP) is 5.19. The number of nitrogens with zero attached hydrogens (tertiary/aromatic N) is 1. The van der Waals surface area contributed by atoms with Crippen molar-refractivity contribution in [3.05, 3.63) is 101 Å². The highest BCUT2D eigenvalue weighted by molar-refractivity contribution is 6.31. The molecule has 0 aromatic heterocycles. The van der Waals surface area contributed by atoms with Crippen molar-refractivity contribution >= 4 is 23.4 Å². The van der Waals surface area contributed by atoms with Crippen LogP contribution in [0.4, 0.5) is 0 Å². The second-order valence-corrected chi connectivity index (χ2v) is 8.99. The first-order valence-electron chi connectivity index (χ1n) is 11.4. The summed E-state index contributed by atoms with van der Waals surface area (Å²) >= 11 is 6.42. The zero-order valence-corrected chi connectivity index (χ0v) is 20.6. The summed E-state index contributed by atoms with van der Waals surface area (Å²) in [5.41, 5.74) is 2.83. The normalized spacial score (nSPS) is 11.7. The van der Waals surface area contributed by atoms with E-state index in [2.05, 4.69) is 5.32 Å². The van der Waals surface area contributed by atoms with Crippen LogP contribution in [-0.4, -0.2) is 35.4 Å². The van der Waals surface area contributed by atoms with Crippen molar-refractivity contribution in [3.8, 4) is 5.75 Å². The standard InChI is InChI=1S/C28H31ClN2O3/c1-20(2)30-28(33)26(17-22-9-5-4-6-10-22)31(18-23-11-7-8-12-25(23)29)27(32)19-34-24-15-13-21(3)14-16-24/h4-16,20,26H,17-19H2,1-3H3,(H,30,33)/t26-/m1/s1. The zero-order chi connectivity index (χ0) is 24.5. The lowest BCUT2D eigenvalue weighted by atomic mass is 10.0. The Hall–Kier alpha value is -3.31. The van der Waals surface area contributed by atoms with Crippen LogP contribution in [0.3, 0.4) is 0 Å². The van der Waals surface area contributed by atoms with Crippen molar-refractivity contribution in [1.82, 2.24) is 10.2 Å². The Morgan fingerprint density at radius 2 is 1.59 bits per heavy atom. The summed E-state index contributed by atoms with van der Waals surface area (Å²) in [5.74, 6) is 0.0952. The molecule has 0 bridgehead atoms. The fourth-order valence-electron chi connectivity index (χ4n) is 3.61. The van der Waals surface area contributed by atoms with E-state index in [4.69, 9.17) is 16.3 Å². The zero-order valence-electron chi connectivity index (χ0n) is 19.8. The molecule has 1 atom stereocenters. The van der Waals surface area contributed by atoms with Crippen LogP contribution in [0.25, 0.3) is 0 Å². The Kier molecular flexibility index (Phi) is 9.11. The number of ether oxygens (including phenoxy) is 1. The molecule has 0 saturated carbocycles. The summed E-state index contributed by atoms with van der Waals surface area (Å²) in [6, 6.07) is 23.8. The van der Waals surface area contributed by atoms with Gasteiger partial charge in [0.2, 0.25) is 5.91 Å². The van der Waals surface area contributed by atoms with Crippen LogP contribution in [-0.2, 0) is 22.6 Å². The quantitative estimate of drug-likeness (QED) is 0.436. The smallest absolute Gasteiger partial charge is 0.261 e. The summed E-state index contributed by atoms with van der Waals surface area (Å²) in [5, 5.41) is 3.52. The Morgan fingerprint density at radius 1 is 0.941 bits per heavy atom. The van der Waals surface area contributed by atoms with Gasteiger partial charge in [-0.3, -0.25) is 9.59 Å². The van der Waals surface area contributed by atoms with E-state index in [0.29, 0.717) is 17.2 Å². The SMILES string of the molecule is Cc1ccc(OCC(=O)N(Cc2ccccc2Cl)[C@H](Cc2ccccc2)C(=O)NC(C)C)cc1. The van der Waals surface area contributed by atoms with Crippen molar-refractivity contribution < 1.29 is 14.3 Å².